The SMILES string of the molecule is O=[N+]([O-])c1c(Nc2cccc(Cl)c2)ncnc1Nc1cccc2ncccc12. The van der Waals surface area contributed by atoms with E-state index in [0.717, 1.165) is 10.9 Å². The van der Waals surface area contributed by atoms with E-state index in [9.17, 15) is 10.1 Å². The van der Waals surface area contributed by atoms with Crippen molar-refractivity contribution >= 4 is 51.2 Å². The topological polar surface area (TPSA) is 106 Å². The molecule has 0 radical (unpaired) electrons. The molecule has 2 heterocycles. The van der Waals surface area contributed by atoms with Crippen molar-refractivity contribution in [3.05, 3.63) is 82.3 Å². The van der Waals surface area contributed by atoms with Crippen LogP contribution >= 0.6 is 11.6 Å². The molecule has 8 nitrogen and oxygen atoms in total. The molecule has 0 atom stereocenters. The zero-order chi connectivity index (χ0) is 19.5. The molecule has 0 aliphatic carbocycles. The highest BCUT2D eigenvalue weighted by atomic mass is 35.5. The highest BCUT2D eigenvalue weighted by Crippen LogP contribution is 2.34. The Morgan fingerprint density at radius 3 is 2.50 bits per heavy atom. The first-order chi connectivity index (χ1) is 13.6. The van der Waals surface area contributed by atoms with Gasteiger partial charge in [-0.05, 0) is 42.5 Å². The molecular formula is C19H13ClN6O2. The van der Waals surface area contributed by atoms with Gasteiger partial charge in [-0.2, -0.15) is 0 Å². The Morgan fingerprint density at radius 2 is 1.71 bits per heavy atom. The van der Waals surface area contributed by atoms with Crippen LogP contribution in [0.15, 0.2) is 67.1 Å². The fraction of sp³-hybridized carbons (Fsp3) is 0. The first-order valence-corrected chi connectivity index (χ1v) is 8.62. The van der Waals surface area contributed by atoms with Crippen molar-refractivity contribution in [1.29, 1.82) is 0 Å². The Morgan fingerprint density at radius 1 is 0.929 bits per heavy atom. The van der Waals surface area contributed by atoms with Gasteiger partial charge >= 0.3 is 5.69 Å². The van der Waals surface area contributed by atoms with Crippen LogP contribution in [-0.2, 0) is 0 Å². The Labute approximate surface area is 164 Å². The van der Waals surface area contributed by atoms with Crippen LogP contribution < -0.4 is 10.6 Å². The minimum atomic E-state index is -0.529. The normalized spacial score (nSPS) is 10.6. The van der Waals surface area contributed by atoms with Crippen molar-refractivity contribution in [2.45, 2.75) is 0 Å². The molecule has 0 aliphatic rings. The molecule has 0 unspecified atom stereocenters. The molecule has 0 saturated heterocycles. The van der Waals surface area contributed by atoms with Gasteiger partial charge in [-0.3, -0.25) is 15.1 Å². The maximum Gasteiger partial charge on any atom is 0.353 e. The number of aromatic nitrogens is 3. The van der Waals surface area contributed by atoms with Gasteiger partial charge in [0, 0.05) is 28.0 Å². The van der Waals surface area contributed by atoms with Gasteiger partial charge in [0.05, 0.1) is 10.4 Å². The number of fused-ring (bicyclic) bond motifs is 1. The average Bonchev–Trinajstić information content (AvgIpc) is 2.68. The van der Waals surface area contributed by atoms with Gasteiger partial charge in [-0.1, -0.05) is 23.7 Å². The molecular weight excluding hydrogens is 380 g/mol. The molecule has 2 aromatic heterocycles. The first-order valence-electron chi connectivity index (χ1n) is 8.24. The van der Waals surface area contributed by atoms with Crippen molar-refractivity contribution < 1.29 is 4.92 Å². The lowest BCUT2D eigenvalue weighted by Gasteiger charge is -2.11. The lowest BCUT2D eigenvalue weighted by molar-refractivity contribution is -0.383. The number of benzene rings is 2. The predicted octanol–water partition coefficient (Wildman–Crippen LogP) is 5.07. The Bertz CT molecular complexity index is 1180. The molecule has 0 spiro atoms. The molecule has 0 fully saturated rings. The molecule has 4 rings (SSSR count). The van der Waals surface area contributed by atoms with Gasteiger partial charge in [0.25, 0.3) is 0 Å². The van der Waals surface area contributed by atoms with Crippen LogP contribution in [0.1, 0.15) is 0 Å². The van der Waals surface area contributed by atoms with E-state index in [-0.39, 0.29) is 17.3 Å². The molecule has 0 amide bonds. The van der Waals surface area contributed by atoms with Crippen molar-refractivity contribution in [1.82, 2.24) is 15.0 Å². The van der Waals surface area contributed by atoms with Crippen LogP contribution in [0.4, 0.5) is 28.7 Å². The van der Waals surface area contributed by atoms with Crippen LogP contribution in [-0.4, -0.2) is 19.9 Å². The Balaban J connectivity index is 1.76. The number of nitrogens with zero attached hydrogens (tertiary/aromatic N) is 4. The molecule has 4 aromatic rings. The summed E-state index contributed by atoms with van der Waals surface area (Å²) < 4.78 is 0. The van der Waals surface area contributed by atoms with Gasteiger partial charge in [0.2, 0.25) is 11.6 Å². The smallest absolute Gasteiger partial charge is 0.334 e. The average molecular weight is 393 g/mol. The van der Waals surface area contributed by atoms with Crippen molar-refractivity contribution in [3.63, 3.8) is 0 Å². The molecule has 9 heteroatoms. The van der Waals surface area contributed by atoms with E-state index < -0.39 is 4.92 Å². The van der Waals surface area contributed by atoms with Gasteiger partial charge in [0.15, 0.2) is 0 Å². The number of hydrogen-bond donors (Lipinski definition) is 2. The highest BCUT2D eigenvalue weighted by Gasteiger charge is 2.23. The molecule has 0 aliphatic heterocycles. The van der Waals surface area contributed by atoms with Gasteiger partial charge in [0.1, 0.15) is 6.33 Å². The summed E-state index contributed by atoms with van der Waals surface area (Å²) in [5, 5.41) is 19.0. The molecule has 0 bridgehead atoms. The Kier molecular flexibility index (Phi) is 4.69. The number of halogens is 1. The summed E-state index contributed by atoms with van der Waals surface area (Å²) in [5.41, 5.74) is 1.72. The molecule has 28 heavy (non-hydrogen) atoms. The molecule has 2 aromatic carbocycles. The third-order valence-electron chi connectivity index (χ3n) is 3.99. The fourth-order valence-electron chi connectivity index (χ4n) is 2.78. The largest absolute Gasteiger partial charge is 0.353 e. The first kappa shape index (κ1) is 17.6. The number of nitrogens with one attached hydrogen (secondary N) is 2. The van der Waals surface area contributed by atoms with E-state index in [1.807, 2.05) is 18.2 Å². The van der Waals surface area contributed by atoms with E-state index in [0.29, 0.717) is 16.4 Å². The summed E-state index contributed by atoms with van der Waals surface area (Å²) in [6.07, 6.45) is 2.94. The fourth-order valence-corrected chi connectivity index (χ4v) is 2.97. The van der Waals surface area contributed by atoms with Crippen LogP contribution in [0, 0.1) is 10.1 Å². The van der Waals surface area contributed by atoms with Crippen molar-refractivity contribution in [3.8, 4) is 0 Å². The number of rotatable bonds is 5. The van der Waals surface area contributed by atoms with Crippen LogP contribution in [0.25, 0.3) is 10.9 Å². The number of anilines is 4. The van der Waals surface area contributed by atoms with Crippen LogP contribution in [0.5, 0.6) is 0 Å². The minimum absolute atomic E-state index is 0.0585. The van der Waals surface area contributed by atoms with Crippen LogP contribution in [0.2, 0.25) is 5.02 Å². The summed E-state index contributed by atoms with van der Waals surface area (Å²) in [6.45, 7) is 0. The van der Waals surface area contributed by atoms with Gasteiger partial charge < -0.3 is 10.6 Å². The second kappa shape index (κ2) is 7.45. The lowest BCUT2D eigenvalue weighted by atomic mass is 10.2. The monoisotopic (exact) mass is 392 g/mol. The summed E-state index contributed by atoms with van der Waals surface area (Å²) in [5.74, 6) is 0.129. The standard InChI is InChI=1S/C19H13ClN6O2/c20-12-4-1-5-13(10-12)24-18-17(26(27)28)19(23-11-22-18)25-16-8-2-7-15-14(16)6-3-9-21-15/h1-11H,(H2,22,23,24,25). The van der Waals surface area contributed by atoms with E-state index in [1.54, 1.807) is 42.6 Å². The summed E-state index contributed by atoms with van der Waals surface area (Å²) in [6, 6.07) is 16.0. The van der Waals surface area contributed by atoms with E-state index in [1.165, 1.54) is 6.33 Å². The van der Waals surface area contributed by atoms with Crippen molar-refractivity contribution in [2.24, 2.45) is 0 Å². The zero-order valence-electron chi connectivity index (χ0n) is 14.3. The highest BCUT2D eigenvalue weighted by molar-refractivity contribution is 6.30. The lowest BCUT2D eigenvalue weighted by Crippen LogP contribution is -2.05. The second-order valence-electron chi connectivity index (χ2n) is 5.81. The van der Waals surface area contributed by atoms with Crippen molar-refractivity contribution in [2.75, 3.05) is 10.6 Å². The Hall–Kier alpha value is -3.78. The zero-order valence-corrected chi connectivity index (χ0v) is 15.1. The van der Waals surface area contributed by atoms with Gasteiger partial charge in [-0.25, -0.2) is 9.97 Å². The summed E-state index contributed by atoms with van der Waals surface area (Å²) in [7, 11) is 0. The van der Waals surface area contributed by atoms with E-state index in [2.05, 4.69) is 25.6 Å². The third kappa shape index (κ3) is 3.53. The van der Waals surface area contributed by atoms with Gasteiger partial charge in [-0.15, -0.1) is 0 Å². The molecule has 0 saturated carbocycles. The maximum absolute atomic E-state index is 11.8. The molecule has 138 valence electrons. The predicted molar refractivity (Wildman–Crippen MR) is 108 cm³/mol. The van der Waals surface area contributed by atoms with E-state index >= 15 is 0 Å². The maximum atomic E-state index is 11.8. The van der Waals surface area contributed by atoms with E-state index in [4.69, 9.17) is 11.6 Å². The second-order valence-corrected chi connectivity index (χ2v) is 6.25. The number of hydrogen-bond acceptors (Lipinski definition) is 7. The number of pyridine rings is 1. The number of nitro groups is 1. The minimum Gasteiger partial charge on any atom is -0.334 e. The third-order valence-corrected chi connectivity index (χ3v) is 4.23. The molecule has 2 N–H and O–H groups in total. The summed E-state index contributed by atoms with van der Waals surface area (Å²) in [4.78, 5) is 23.6. The van der Waals surface area contributed by atoms with Crippen LogP contribution in [0.3, 0.4) is 0 Å². The quantitative estimate of drug-likeness (QED) is 0.360. The summed E-state index contributed by atoms with van der Waals surface area (Å²) >= 11 is 5.98.